The average molecular weight is 344 g/mol. The number of halogens is 1. The smallest absolute Gasteiger partial charge is 0.309 e. The van der Waals surface area contributed by atoms with Gasteiger partial charge in [0, 0.05) is 3.42 Å². The Balaban J connectivity index is 1.93. The Morgan fingerprint density at radius 1 is 1.20 bits per heavy atom. The molecule has 2 bridgehead atoms. The lowest BCUT2D eigenvalue weighted by atomic mass is 9.45. The maximum atomic E-state index is 12.3. The summed E-state index contributed by atoms with van der Waals surface area (Å²) in [5.41, 5.74) is 0.293. The molecule has 3 fully saturated rings. The predicted molar refractivity (Wildman–Crippen MR) is 68.8 cm³/mol. The van der Waals surface area contributed by atoms with Crippen LogP contribution in [0.2, 0.25) is 0 Å². The Hall–Kier alpha value is 0.880. The normalized spacial score (nSPS) is 38.3. The first kappa shape index (κ1) is 12.3. The van der Waals surface area contributed by atoms with E-state index in [1.807, 2.05) is 13.8 Å². The third kappa shape index (κ3) is 2.28. The first-order valence-corrected chi connectivity index (χ1v) is 8.33. The van der Waals surface area contributed by atoms with E-state index in [2.05, 4.69) is 22.6 Å². The molecule has 0 aliphatic heterocycles. The molecule has 0 saturated heterocycles. The number of hydrogen-bond donors (Lipinski definition) is 0. The molecule has 0 atom stereocenters. The quantitative estimate of drug-likeness (QED) is 0.420. The molecule has 3 aliphatic rings. The zero-order valence-electron chi connectivity index (χ0n) is 9.29. The van der Waals surface area contributed by atoms with Crippen molar-refractivity contribution >= 4 is 30.2 Å². The van der Waals surface area contributed by atoms with Gasteiger partial charge >= 0.3 is 7.60 Å². The molecule has 0 aromatic rings. The van der Waals surface area contributed by atoms with Crippen molar-refractivity contribution in [1.82, 2.24) is 0 Å². The fraction of sp³-hybridized carbons (Fsp3) is 1.00. The highest BCUT2D eigenvalue weighted by Gasteiger charge is 2.68. The van der Waals surface area contributed by atoms with Gasteiger partial charge in [-0.3, -0.25) is 4.57 Å². The number of hydrogen-bond acceptors (Lipinski definition) is 3. The Bertz CT molecular complexity index is 275. The molecule has 0 radical (unpaired) electrons. The molecule has 0 amide bonds. The van der Waals surface area contributed by atoms with E-state index in [1.54, 1.807) is 0 Å². The summed E-state index contributed by atoms with van der Waals surface area (Å²) < 4.78 is 23.5. The molecule has 3 nitrogen and oxygen atoms in total. The zero-order chi connectivity index (χ0) is 11.2. The van der Waals surface area contributed by atoms with Crippen molar-refractivity contribution in [2.24, 2.45) is 5.41 Å². The minimum atomic E-state index is -2.80. The minimum Gasteiger partial charge on any atom is -0.309 e. The van der Waals surface area contributed by atoms with Crippen LogP contribution in [0.15, 0.2) is 0 Å². The van der Waals surface area contributed by atoms with Crippen LogP contribution in [0.4, 0.5) is 0 Å². The van der Waals surface area contributed by atoms with Gasteiger partial charge in [0.15, 0.2) is 0 Å². The van der Waals surface area contributed by atoms with E-state index in [0.717, 1.165) is 0 Å². The van der Waals surface area contributed by atoms with Crippen molar-refractivity contribution in [3.63, 3.8) is 0 Å². The van der Waals surface area contributed by atoms with Gasteiger partial charge in [-0.25, -0.2) is 0 Å². The lowest BCUT2D eigenvalue weighted by molar-refractivity contribution is -0.0447. The molecule has 0 spiro atoms. The van der Waals surface area contributed by atoms with Crippen LogP contribution in [0.25, 0.3) is 0 Å². The summed E-state index contributed by atoms with van der Waals surface area (Å²) in [7, 11) is -2.80. The number of alkyl halides is 1. The van der Waals surface area contributed by atoms with Crippen LogP contribution in [0, 0.1) is 5.41 Å². The molecule has 88 valence electrons. The maximum Gasteiger partial charge on any atom is 0.331 e. The van der Waals surface area contributed by atoms with Gasteiger partial charge in [0.1, 0.15) is 0 Å². The van der Waals surface area contributed by atoms with Crippen LogP contribution in [0.5, 0.6) is 0 Å². The molecule has 3 rings (SSSR count). The van der Waals surface area contributed by atoms with Crippen LogP contribution >= 0.6 is 30.2 Å². The second kappa shape index (κ2) is 3.97. The van der Waals surface area contributed by atoms with E-state index < -0.39 is 7.60 Å². The van der Waals surface area contributed by atoms with Crippen LogP contribution in [0.1, 0.15) is 33.1 Å². The first-order valence-electron chi connectivity index (χ1n) is 5.52. The van der Waals surface area contributed by atoms with Crippen molar-refractivity contribution in [2.45, 2.75) is 36.5 Å². The van der Waals surface area contributed by atoms with Gasteiger partial charge in [-0.15, -0.1) is 0 Å². The van der Waals surface area contributed by atoms with E-state index in [4.69, 9.17) is 9.05 Å². The van der Waals surface area contributed by atoms with Gasteiger partial charge < -0.3 is 9.05 Å². The molecule has 0 aromatic carbocycles. The van der Waals surface area contributed by atoms with Gasteiger partial charge in [0.05, 0.1) is 19.4 Å². The van der Waals surface area contributed by atoms with E-state index in [-0.39, 0.29) is 0 Å². The molecule has 0 N–H and O–H groups in total. The minimum absolute atomic E-state index is 0.293. The van der Waals surface area contributed by atoms with E-state index in [9.17, 15) is 4.57 Å². The molecule has 3 saturated carbocycles. The molecule has 0 heterocycles. The Morgan fingerprint density at radius 2 is 1.67 bits per heavy atom. The SMILES string of the molecule is CCOP(=O)(CC12CC(I)(C1)C2)OCC. The largest absolute Gasteiger partial charge is 0.331 e. The highest BCUT2D eigenvalue weighted by Crippen LogP contribution is 2.75. The molecular weight excluding hydrogens is 326 g/mol. The summed E-state index contributed by atoms with van der Waals surface area (Å²) >= 11 is 2.53. The van der Waals surface area contributed by atoms with E-state index >= 15 is 0 Å². The fourth-order valence-electron chi connectivity index (χ4n) is 2.96. The van der Waals surface area contributed by atoms with Crippen molar-refractivity contribution in [1.29, 1.82) is 0 Å². The van der Waals surface area contributed by atoms with Gasteiger partial charge in [-0.2, -0.15) is 0 Å². The summed E-state index contributed by atoms with van der Waals surface area (Å²) in [6, 6.07) is 0. The van der Waals surface area contributed by atoms with Crippen LogP contribution in [0.3, 0.4) is 0 Å². The molecular formula is C10H18IO3P. The average Bonchev–Trinajstić information content (AvgIpc) is 2.00. The van der Waals surface area contributed by atoms with Crippen molar-refractivity contribution in [3.05, 3.63) is 0 Å². The Morgan fingerprint density at radius 3 is 2.00 bits per heavy atom. The zero-order valence-corrected chi connectivity index (χ0v) is 12.3. The third-order valence-electron chi connectivity index (χ3n) is 3.26. The molecule has 5 heteroatoms. The molecule has 3 aliphatic carbocycles. The summed E-state index contributed by atoms with van der Waals surface area (Å²) in [5, 5.41) is 0. The Labute approximate surface area is 105 Å². The lowest BCUT2D eigenvalue weighted by Crippen LogP contribution is -2.64. The highest BCUT2D eigenvalue weighted by molar-refractivity contribution is 14.1. The van der Waals surface area contributed by atoms with Crippen LogP contribution in [-0.4, -0.2) is 22.8 Å². The lowest BCUT2D eigenvalue weighted by Gasteiger charge is -2.68. The van der Waals surface area contributed by atoms with Gasteiger partial charge in [-0.05, 0) is 38.5 Å². The molecule has 0 unspecified atom stereocenters. The summed E-state index contributed by atoms with van der Waals surface area (Å²) in [4.78, 5) is 0. The fourth-order valence-corrected chi connectivity index (χ4v) is 7.59. The van der Waals surface area contributed by atoms with Crippen LogP contribution < -0.4 is 0 Å². The summed E-state index contributed by atoms with van der Waals surface area (Å²) in [5.74, 6) is 0. The Kier molecular flexibility index (Phi) is 3.26. The van der Waals surface area contributed by atoms with Crippen LogP contribution in [-0.2, 0) is 13.6 Å². The van der Waals surface area contributed by atoms with Gasteiger partial charge in [0.2, 0.25) is 0 Å². The summed E-state index contributed by atoms with van der Waals surface area (Å²) in [6.45, 7) is 4.69. The summed E-state index contributed by atoms with van der Waals surface area (Å²) in [6.07, 6.45) is 4.23. The maximum absolute atomic E-state index is 12.3. The van der Waals surface area contributed by atoms with Gasteiger partial charge in [-0.1, -0.05) is 22.6 Å². The van der Waals surface area contributed by atoms with Crippen molar-refractivity contribution in [3.8, 4) is 0 Å². The second-order valence-corrected chi connectivity index (χ2v) is 9.13. The molecule has 0 aromatic heterocycles. The predicted octanol–water partition coefficient (Wildman–Crippen LogP) is 3.61. The standard InChI is InChI=1S/C10H18IO3P/c1-3-13-15(12,14-4-2)8-9-5-10(11,6-9)7-9/h3-8H2,1-2H3. The second-order valence-electron chi connectivity index (χ2n) is 4.79. The monoisotopic (exact) mass is 344 g/mol. The van der Waals surface area contributed by atoms with Gasteiger partial charge in [0.25, 0.3) is 0 Å². The van der Waals surface area contributed by atoms with E-state index in [0.29, 0.717) is 28.2 Å². The highest BCUT2D eigenvalue weighted by atomic mass is 127. The third-order valence-corrected chi connectivity index (χ3v) is 6.76. The van der Waals surface area contributed by atoms with E-state index in [1.165, 1.54) is 19.3 Å². The topological polar surface area (TPSA) is 35.5 Å². The van der Waals surface area contributed by atoms with Crippen molar-refractivity contribution in [2.75, 3.05) is 19.4 Å². The first-order chi connectivity index (χ1) is 6.95. The molecule has 15 heavy (non-hydrogen) atoms. The van der Waals surface area contributed by atoms with Crippen molar-refractivity contribution < 1.29 is 13.6 Å². The number of rotatable bonds is 6.